The van der Waals surface area contributed by atoms with Crippen LogP contribution in [0.15, 0.2) is 12.7 Å². The second kappa shape index (κ2) is 15.9. The molecule has 0 aliphatic heterocycles. The van der Waals surface area contributed by atoms with E-state index in [4.69, 9.17) is 8.85 Å². The minimum atomic E-state index is 0.232. The molecule has 0 bridgehead atoms. The summed E-state index contributed by atoms with van der Waals surface area (Å²) in [4.78, 5) is 0. The Hall–Kier alpha value is -0.123. The van der Waals surface area contributed by atoms with Crippen LogP contribution in [-0.2, 0) is 8.85 Å². The smallest absolute Gasteiger partial charge is 0.393 e. The van der Waals surface area contributed by atoms with Crippen molar-refractivity contribution in [1.29, 1.82) is 0 Å². The van der Waals surface area contributed by atoms with Crippen molar-refractivity contribution >= 4 is 10.0 Å². The summed E-state index contributed by atoms with van der Waals surface area (Å²) in [5.74, 6) is 0. The van der Waals surface area contributed by atoms with Crippen LogP contribution in [0.2, 0.25) is 0 Å². The molecule has 0 atom stereocenters. The summed E-state index contributed by atoms with van der Waals surface area (Å²) >= 11 is 0. The van der Waals surface area contributed by atoms with Gasteiger partial charge < -0.3 is 8.85 Å². The quantitative estimate of drug-likeness (QED) is 0.354. The largest absolute Gasteiger partial charge is 0.433 e. The van der Waals surface area contributed by atoms with Gasteiger partial charge in [0.1, 0.15) is 0 Å². The van der Waals surface area contributed by atoms with Gasteiger partial charge in [-0.1, -0.05) is 6.08 Å². The van der Waals surface area contributed by atoms with Crippen LogP contribution in [0, 0.1) is 0 Å². The van der Waals surface area contributed by atoms with Gasteiger partial charge in [0.05, 0.1) is 0 Å². The van der Waals surface area contributed by atoms with Crippen LogP contribution in [0.3, 0.4) is 0 Å². The molecule has 0 N–H and O–H groups in total. The summed E-state index contributed by atoms with van der Waals surface area (Å²) in [5.41, 5.74) is 0. The Bertz CT molecular complexity index is 53.6. The van der Waals surface area contributed by atoms with Gasteiger partial charge in [-0.05, 0) is 20.8 Å². The van der Waals surface area contributed by atoms with Crippen molar-refractivity contribution in [3.8, 4) is 0 Å². The van der Waals surface area contributed by atoms with Crippen LogP contribution in [0.4, 0.5) is 0 Å². The summed E-state index contributed by atoms with van der Waals surface area (Å²) in [6, 6.07) is 0. The highest BCUT2D eigenvalue weighted by Gasteiger charge is 1.83. The highest BCUT2D eigenvalue weighted by molar-refractivity contribution is 6.17. The zero-order valence-electron chi connectivity index (χ0n) is 7.02. The number of hydrogen-bond donors (Lipinski definition) is 0. The van der Waals surface area contributed by atoms with E-state index in [-0.39, 0.29) is 10.0 Å². The Morgan fingerprint density at radius 2 is 1.60 bits per heavy atom. The van der Waals surface area contributed by atoms with Gasteiger partial charge in [0.25, 0.3) is 0 Å². The second-order valence-corrected chi connectivity index (χ2v) is 2.10. The van der Waals surface area contributed by atoms with Crippen LogP contribution in [-0.4, -0.2) is 23.2 Å². The van der Waals surface area contributed by atoms with Crippen LogP contribution >= 0.6 is 0 Å². The van der Waals surface area contributed by atoms with Gasteiger partial charge in [0.2, 0.25) is 0 Å². The highest BCUT2D eigenvalue weighted by atomic mass is 28.3. The van der Waals surface area contributed by atoms with Gasteiger partial charge in [0.15, 0.2) is 0 Å². The lowest BCUT2D eigenvalue weighted by Gasteiger charge is -1.93. The molecule has 2 nitrogen and oxygen atoms in total. The molecule has 0 rings (SSSR count). The van der Waals surface area contributed by atoms with E-state index in [1.807, 2.05) is 20.8 Å². The molecule has 0 aromatic rings. The molecule has 0 heterocycles. The number of rotatable bonds is 4. The first kappa shape index (κ1) is 12.5. The maximum atomic E-state index is 4.88. The highest BCUT2D eigenvalue weighted by Crippen LogP contribution is 1.70. The van der Waals surface area contributed by atoms with E-state index in [0.717, 1.165) is 13.2 Å². The molecule has 0 aliphatic rings. The van der Waals surface area contributed by atoms with Crippen molar-refractivity contribution < 1.29 is 8.85 Å². The zero-order chi connectivity index (χ0) is 8.24. The molecule has 0 amide bonds. The molecule has 0 saturated heterocycles. The fraction of sp³-hybridized carbons (Fsp3) is 0.714. The molecule has 0 unspecified atom stereocenters. The minimum absolute atomic E-state index is 0.232. The van der Waals surface area contributed by atoms with Crippen molar-refractivity contribution in [3.63, 3.8) is 0 Å². The molecule has 0 aromatic carbocycles. The Morgan fingerprint density at radius 1 is 1.30 bits per heavy atom. The standard InChI is InChI=1S/C4H10O2Si.C3H6/c1-3-5-7-6-4-2;1-3-2/h3-4H2,1-2H3;3H,1H2,2H3. The van der Waals surface area contributed by atoms with E-state index < -0.39 is 0 Å². The zero-order valence-corrected chi connectivity index (χ0v) is 8.02. The predicted molar refractivity (Wildman–Crippen MR) is 44.9 cm³/mol. The van der Waals surface area contributed by atoms with Gasteiger partial charge in [-0.25, -0.2) is 0 Å². The summed E-state index contributed by atoms with van der Waals surface area (Å²) < 4.78 is 9.76. The Morgan fingerprint density at radius 3 is 1.80 bits per heavy atom. The lowest BCUT2D eigenvalue weighted by molar-refractivity contribution is 0.240. The third-order valence-electron chi connectivity index (χ3n) is 0.407. The third-order valence-corrected chi connectivity index (χ3v) is 1.22. The summed E-state index contributed by atoms with van der Waals surface area (Å²) in [6.07, 6.45) is 1.75. The first-order valence-corrected chi connectivity index (χ1v) is 4.20. The molecule has 0 spiro atoms. The SMILES string of the molecule is C=CC.CCO[Si]OCC. The predicted octanol–water partition coefficient (Wildman–Crippen LogP) is 1.79. The molecule has 0 saturated carbocycles. The van der Waals surface area contributed by atoms with E-state index in [1.54, 1.807) is 6.08 Å². The van der Waals surface area contributed by atoms with E-state index in [1.165, 1.54) is 0 Å². The molecule has 0 aliphatic carbocycles. The average Bonchev–Trinajstić information content (AvgIpc) is 1.91. The summed E-state index contributed by atoms with van der Waals surface area (Å²) in [7, 11) is 0.232. The Labute approximate surface area is 66.3 Å². The fourth-order valence-electron chi connectivity index (χ4n) is 0.160. The van der Waals surface area contributed by atoms with Gasteiger partial charge in [0, 0.05) is 13.2 Å². The summed E-state index contributed by atoms with van der Waals surface area (Å²) in [6.45, 7) is 10.6. The second-order valence-electron chi connectivity index (χ2n) is 1.36. The number of hydrogen-bond acceptors (Lipinski definition) is 2. The van der Waals surface area contributed by atoms with Gasteiger partial charge in [-0.3, -0.25) is 0 Å². The summed E-state index contributed by atoms with van der Waals surface area (Å²) in [5, 5.41) is 0. The minimum Gasteiger partial charge on any atom is -0.393 e. The molecular formula is C7H16O2Si. The van der Waals surface area contributed by atoms with E-state index in [9.17, 15) is 0 Å². The molecule has 60 valence electrons. The lowest BCUT2D eigenvalue weighted by atomic mass is 10.8. The Kier molecular flexibility index (Phi) is 20.0. The van der Waals surface area contributed by atoms with Crippen molar-refractivity contribution in [1.82, 2.24) is 0 Å². The van der Waals surface area contributed by atoms with Crippen molar-refractivity contribution in [2.75, 3.05) is 13.2 Å². The van der Waals surface area contributed by atoms with Crippen LogP contribution in [0.25, 0.3) is 0 Å². The van der Waals surface area contributed by atoms with Crippen molar-refractivity contribution in [3.05, 3.63) is 12.7 Å². The topological polar surface area (TPSA) is 18.5 Å². The Balaban J connectivity index is 0. The van der Waals surface area contributed by atoms with Crippen LogP contribution in [0.1, 0.15) is 20.8 Å². The number of allylic oxidation sites excluding steroid dienone is 1. The van der Waals surface area contributed by atoms with E-state index in [0.29, 0.717) is 0 Å². The van der Waals surface area contributed by atoms with Gasteiger partial charge >= 0.3 is 10.0 Å². The molecule has 2 radical (unpaired) electrons. The maximum Gasteiger partial charge on any atom is 0.433 e. The van der Waals surface area contributed by atoms with Crippen molar-refractivity contribution in [2.45, 2.75) is 20.8 Å². The normalized spacial score (nSPS) is 7.90. The van der Waals surface area contributed by atoms with Crippen molar-refractivity contribution in [2.24, 2.45) is 0 Å². The first-order valence-electron chi connectivity index (χ1n) is 3.39. The van der Waals surface area contributed by atoms with Gasteiger partial charge in [-0.2, -0.15) is 0 Å². The molecule has 0 aromatic heterocycles. The average molecular weight is 160 g/mol. The molecular weight excluding hydrogens is 144 g/mol. The molecule has 0 fully saturated rings. The van der Waals surface area contributed by atoms with Gasteiger partial charge in [-0.15, -0.1) is 6.58 Å². The fourth-order valence-corrected chi connectivity index (χ4v) is 0.479. The maximum absolute atomic E-state index is 4.88. The lowest BCUT2D eigenvalue weighted by Crippen LogP contribution is -2.02. The van der Waals surface area contributed by atoms with E-state index >= 15 is 0 Å². The van der Waals surface area contributed by atoms with Crippen LogP contribution < -0.4 is 0 Å². The monoisotopic (exact) mass is 160 g/mol. The molecule has 3 heteroatoms. The third kappa shape index (κ3) is 24.8. The van der Waals surface area contributed by atoms with Crippen LogP contribution in [0.5, 0.6) is 0 Å². The van der Waals surface area contributed by atoms with E-state index in [2.05, 4.69) is 6.58 Å². The molecule has 10 heavy (non-hydrogen) atoms. The first-order chi connectivity index (χ1) is 4.83.